The first-order valence-corrected chi connectivity index (χ1v) is 11.1. The van der Waals surface area contributed by atoms with E-state index in [-0.39, 0.29) is 30.5 Å². The van der Waals surface area contributed by atoms with E-state index in [2.05, 4.69) is 17.1 Å². The molecule has 2 fully saturated rings. The normalized spacial score (nSPS) is 25.7. The van der Waals surface area contributed by atoms with E-state index in [1.54, 1.807) is 4.90 Å². The summed E-state index contributed by atoms with van der Waals surface area (Å²) >= 11 is 0. The Hall–Kier alpha value is -3.12. The Morgan fingerprint density at radius 3 is 2.65 bits per heavy atom. The smallest absolute Gasteiger partial charge is 0.246 e. The minimum atomic E-state index is -0.487. The van der Waals surface area contributed by atoms with Crippen LogP contribution >= 0.6 is 0 Å². The second-order valence-corrected chi connectivity index (χ2v) is 8.75. The number of nitrogens with one attached hydrogen (secondary N) is 1. The van der Waals surface area contributed by atoms with E-state index in [1.807, 2.05) is 47.4 Å². The van der Waals surface area contributed by atoms with Gasteiger partial charge in [-0.1, -0.05) is 48.5 Å². The van der Waals surface area contributed by atoms with Crippen LogP contribution in [0, 0.1) is 0 Å². The molecule has 0 bridgehead atoms. The molecular formula is C25H25N3O3. The second kappa shape index (κ2) is 7.24. The third-order valence-electron chi connectivity index (χ3n) is 6.91. The fraction of sp³-hybridized carbons (Fsp3) is 0.360. The Morgan fingerprint density at radius 1 is 1.03 bits per heavy atom. The molecular weight excluding hydrogens is 390 g/mol. The molecule has 2 aromatic carbocycles. The maximum atomic E-state index is 13.6. The van der Waals surface area contributed by atoms with Crippen molar-refractivity contribution in [2.75, 3.05) is 19.7 Å². The number of amides is 2. The quantitative estimate of drug-likeness (QED) is 0.715. The summed E-state index contributed by atoms with van der Waals surface area (Å²) in [5.41, 5.74) is 4.24. The number of hydrogen-bond acceptors (Lipinski definition) is 3. The summed E-state index contributed by atoms with van der Waals surface area (Å²) in [4.78, 5) is 34.2. The summed E-state index contributed by atoms with van der Waals surface area (Å²) in [5, 5.41) is 1.13. The van der Waals surface area contributed by atoms with Crippen LogP contribution in [0.5, 0.6) is 0 Å². The van der Waals surface area contributed by atoms with Gasteiger partial charge >= 0.3 is 0 Å². The topological polar surface area (TPSA) is 65.6 Å². The number of ether oxygens (including phenoxy) is 1. The molecule has 0 aliphatic carbocycles. The van der Waals surface area contributed by atoms with Crippen LogP contribution in [0.25, 0.3) is 10.9 Å². The van der Waals surface area contributed by atoms with Gasteiger partial charge in [-0.3, -0.25) is 9.59 Å². The van der Waals surface area contributed by atoms with Crippen LogP contribution < -0.4 is 0 Å². The molecule has 31 heavy (non-hydrogen) atoms. The van der Waals surface area contributed by atoms with Crippen LogP contribution in [0.2, 0.25) is 0 Å². The SMILES string of the molecule is O=C1[C@@H]2Cc3c([nH]c4ccccc34)[C@H](c3ccccc3)N2C(=O)CN1C[C@H]1CCCO1. The van der Waals surface area contributed by atoms with Gasteiger partial charge in [0, 0.05) is 36.2 Å². The molecule has 3 aromatic rings. The highest BCUT2D eigenvalue weighted by atomic mass is 16.5. The molecule has 2 amide bonds. The largest absolute Gasteiger partial charge is 0.376 e. The van der Waals surface area contributed by atoms with Gasteiger partial charge < -0.3 is 19.5 Å². The molecule has 0 unspecified atom stereocenters. The maximum Gasteiger partial charge on any atom is 0.246 e. The highest BCUT2D eigenvalue weighted by Gasteiger charge is 2.48. The van der Waals surface area contributed by atoms with Gasteiger partial charge in [0.15, 0.2) is 0 Å². The van der Waals surface area contributed by atoms with E-state index in [0.29, 0.717) is 13.0 Å². The number of fused-ring (bicyclic) bond motifs is 4. The summed E-state index contributed by atoms with van der Waals surface area (Å²) in [5.74, 6) is 0.0349. The summed E-state index contributed by atoms with van der Waals surface area (Å²) in [6, 6.07) is 17.4. The second-order valence-electron chi connectivity index (χ2n) is 8.75. The molecule has 6 heteroatoms. The summed E-state index contributed by atoms with van der Waals surface area (Å²) in [6.45, 7) is 1.37. The zero-order valence-electron chi connectivity index (χ0n) is 17.3. The zero-order chi connectivity index (χ0) is 20.9. The number of aromatic nitrogens is 1. The van der Waals surface area contributed by atoms with Crippen molar-refractivity contribution in [1.82, 2.24) is 14.8 Å². The molecule has 3 aliphatic rings. The third kappa shape index (κ3) is 2.97. The number of carbonyl (C=O) groups excluding carboxylic acids is 2. The molecule has 1 N–H and O–H groups in total. The molecule has 3 aliphatic heterocycles. The van der Waals surface area contributed by atoms with Crippen molar-refractivity contribution in [3.63, 3.8) is 0 Å². The number of rotatable bonds is 3. The first-order chi connectivity index (χ1) is 15.2. The Morgan fingerprint density at radius 2 is 1.84 bits per heavy atom. The maximum absolute atomic E-state index is 13.6. The van der Waals surface area contributed by atoms with E-state index >= 15 is 0 Å². The van der Waals surface area contributed by atoms with Gasteiger partial charge in [0.05, 0.1) is 18.7 Å². The van der Waals surface area contributed by atoms with E-state index in [9.17, 15) is 9.59 Å². The number of H-pyrrole nitrogens is 1. The lowest BCUT2D eigenvalue weighted by molar-refractivity contribution is -0.159. The number of hydrogen-bond donors (Lipinski definition) is 1. The molecule has 1 aromatic heterocycles. The Kier molecular flexibility index (Phi) is 4.35. The Balaban J connectivity index is 1.45. The van der Waals surface area contributed by atoms with Gasteiger partial charge in [-0.05, 0) is 30.0 Å². The fourth-order valence-electron chi connectivity index (χ4n) is 5.49. The molecule has 0 saturated carbocycles. The minimum Gasteiger partial charge on any atom is -0.376 e. The zero-order valence-corrected chi connectivity index (χ0v) is 17.3. The first kappa shape index (κ1) is 18.6. The summed E-state index contributed by atoms with van der Waals surface area (Å²) < 4.78 is 5.74. The third-order valence-corrected chi connectivity index (χ3v) is 6.91. The number of carbonyl (C=O) groups is 2. The molecule has 4 heterocycles. The van der Waals surface area contributed by atoms with E-state index in [0.717, 1.165) is 47.2 Å². The lowest BCUT2D eigenvalue weighted by Crippen LogP contribution is -2.63. The Labute approximate surface area is 180 Å². The predicted octanol–water partition coefficient (Wildman–Crippen LogP) is 3.03. The van der Waals surface area contributed by atoms with E-state index < -0.39 is 6.04 Å². The highest BCUT2D eigenvalue weighted by molar-refractivity contribution is 5.97. The van der Waals surface area contributed by atoms with Crippen molar-refractivity contribution in [2.45, 2.75) is 37.5 Å². The highest BCUT2D eigenvalue weighted by Crippen LogP contribution is 2.42. The van der Waals surface area contributed by atoms with E-state index in [4.69, 9.17) is 4.74 Å². The van der Waals surface area contributed by atoms with Crippen LogP contribution in [-0.2, 0) is 20.7 Å². The number of para-hydroxylation sites is 1. The minimum absolute atomic E-state index is 0.000700. The molecule has 0 spiro atoms. The van der Waals surface area contributed by atoms with Crippen LogP contribution in [0.15, 0.2) is 54.6 Å². The lowest BCUT2D eigenvalue weighted by Gasteiger charge is -2.47. The van der Waals surface area contributed by atoms with Crippen LogP contribution in [0.3, 0.4) is 0 Å². The summed E-state index contributed by atoms with van der Waals surface area (Å²) in [6.07, 6.45) is 2.55. The fourth-order valence-corrected chi connectivity index (χ4v) is 5.49. The molecule has 3 atom stereocenters. The first-order valence-electron chi connectivity index (χ1n) is 11.1. The summed E-state index contributed by atoms with van der Waals surface area (Å²) in [7, 11) is 0. The van der Waals surface area contributed by atoms with Gasteiger partial charge in [-0.2, -0.15) is 0 Å². The Bertz CT molecular complexity index is 1150. The van der Waals surface area contributed by atoms with Crippen molar-refractivity contribution in [2.24, 2.45) is 0 Å². The van der Waals surface area contributed by atoms with Gasteiger partial charge in [0.25, 0.3) is 0 Å². The molecule has 0 radical (unpaired) electrons. The molecule has 6 nitrogen and oxygen atoms in total. The van der Waals surface area contributed by atoms with Crippen molar-refractivity contribution in [3.05, 3.63) is 71.4 Å². The number of aromatic amines is 1. The molecule has 6 rings (SSSR count). The van der Waals surface area contributed by atoms with Gasteiger partial charge in [0.2, 0.25) is 11.8 Å². The monoisotopic (exact) mass is 415 g/mol. The van der Waals surface area contributed by atoms with Crippen molar-refractivity contribution < 1.29 is 14.3 Å². The molecule has 158 valence electrons. The predicted molar refractivity (Wildman–Crippen MR) is 116 cm³/mol. The van der Waals surface area contributed by atoms with E-state index in [1.165, 1.54) is 0 Å². The van der Waals surface area contributed by atoms with Crippen molar-refractivity contribution in [1.29, 1.82) is 0 Å². The van der Waals surface area contributed by atoms with Crippen LogP contribution in [0.1, 0.15) is 35.7 Å². The van der Waals surface area contributed by atoms with Crippen molar-refractivity contribution in [3.8, 4) is 0 Å². The average molecular weight is 415 g/mol. The van der Waals surface area contributed by atoms with Crippen LogP contribution in [0.4, 0.5) is 0 Å². The van der Waals surface area contributed by atoms with Crippen LogP contribution in [-0.4, -0.2) is 58.4 Å². The lowest BCUT2D eigenvalue weighted by atomic mass is 9.86. The van der Waals surface area contributed by atoms with Gasteiger partial charge in [-0.15, -0.1) is 0 Å². The van der Waals surface area contributed by atoms with Gasteiger partial charge in [0.1, 0.15) is 6.04 Å². The number of piperazine rings is 1. The van der Waals surface area contributed by atoms with Gasteiger partial charge in [-0.25, -0.2) is 0 Å². The number of benzene rings is 2. The average Bonchev–Trinajstić information content (AvgIpc) is 3.44. The van der Waals surface area contributed by atoms with Crippen molar-refractivity contribution >= 4 is 22.7 Å². The number of nitrogens with zero attached hydrogens (tertiary/aromatic N) is 2. The standard InChI is InChI=1S/C25H25N3O3/c29-22-15-27(14-17-9-6-12-31-17)25(30)21-13-19-18-10-4-5-11-20(18)26-23(19)24(28(21)22)16-7-2-1-3-8-16/h1-5,7-8,10-11,17,21,24,26H,6,9,12-15H2/t17-,21+,24+/m1/s1. The molecule has 2 saturated heterocycles.